The summed E-state index contributed by atoms with van der Waals surface area (Å²) < 4.78 is 15.1. The number of benzene rings is 1. The van der Waals surface area contributed by atoms with Crippen molar-refractivity contribution in [2.45, 2.75) is 0 Å². The fourth-order valence-corrected chi connectivity index (χ4v) is 2.57. The molecule has 2 aromatic heterocycles. The van der Waals surface area contributed by atoms with Crippen molar-refractivity contribution in [3.8, 4) is 11.5 Å². The normalized spacial score (nSPS) is 11.7. The van der Waals surface area contributed by atoms with E-state index in [1.807, 2.05) is 0 Å². The second-order valence-electron chi connectivity index (χ2n) is 5.00. The molecule has 0 aliphatic carbocycles. The molecule has 0 atom stereocenters. The standard InChI is InChI=1S/C16H14N6O4S/c1-24-11-7-9(8-19-20-14(17)13-15(18)22-26-21-13)4-5-10(11)25-16(23)12-3-2-6-27-12/h2-8H,1H3,(H2,17,20)(H2,18,22)/b19-8-. The molecule has 0 saturated heterocycles. The van der Waals surface area contributed by atoms with Crippen molar-refractivity contribution in [3.63, 3.8) is 0 Å². The minimum absolute atomic E-state index is 0.0185. The number of ether oxygens (including phenoxy) is 2. The van der Waals surface area contributed by atoms with Gasteiger partial charge in [0, 0.05) is 0 Å². The number of rotatable bonds is 6. The van der Waals surface area contributed by atoms with E-state index in [9.17, 15) is 4.79 Å². The van der Waals surface area contributed by atoms with Gasteiger partial charge in [-0.1, -0.05) is 6.07 Å². The van der Waals surface area contributed by atoms with E-state index in [4.69, 9.17) is 20.9 Å². The Hall–Kier alpha value is -3.73. The Labute approximate surface area is 157 Å². The molecule has 0 unspecified atom stereocenters. The second kappa shape index (κ2) is 8.10. The fourth-order valence-electron chi connectivity index (χ4n) is 1.97. The zero-order valence-corrected chi connectivity index (χ0v) is 14.8. The molecule has 0 spiro atoms. The predicted octanol–water partition coefficient (Wildman–Crippen LogP) is 1.68. The summed E-state index contributed by atoms with van der Waals surface area (Å²) in [7, 11) is 1.47. The SMILES string of the molecule is COc1cc(/C=N\N=C(\N)c2nonc2N)ccc1OC(=O)c1cccs1. The van der Waals surface area contributed by atoms with Crippen molar-refractivity contribution in [2.75, 3.05) is 12.8 Å². The quantitative estimate of drug-likeness (QED) is 0.213. The lowest BCUT2D eigenvalue weighted by molar-refractivity contribution is 0.0735. The number of nitrogens with two attached hydrogens (primary N) is 2. The summed E-state index contributed by atoms with van der Waals surface area (Å²) >= 11 is 1.29. The molecule has 0 amide bonds. The van der Waals surface area contributed by atoms with Gasteiger partial charge >= 0.3 is 5.97 Å². The minimum atomic E-state index is -0.457. The van der Waals surface area contributed by atoms with Gasteiger partial charge in [-0.2, -0.15) is 5.10 Å². The average molecular weight is 386 g/mol. The summed E-state index contributed by atoms with van der Waals surface area (Å²) in [4.78, 5) is 12.6. The van der Waals surface area contributed by atoms with Gasteiger partial charge in [0.2, 0.25) is 0 Å². The molecular weight excluding hydrogens is 372 g/mol. The van der Waals surface area contributed by atoms with Crippen molar-refractivity contribution in [2.24, 2.45) is 15.9 Å². The van der Waals surface area contributed by atoms with Crippen LogP contribution in [0.4, 0.5) is 5.82 Å². The topological polar surface area (TPSA) is 151 Å². The van der Waals surface area contributed by atoms with Gasteiger partial charge in [-0.25, -0.2) is 9.42 Å². The van der Waals surface area contributed by atoms with Crippen LogP contribution < -0.4 is 20.9 Å². The molecule has 3 rings (SSSR count). The van der Waals surface area contributed by atoms with Crippen LogP contribution in [-0.2, 0) is 0 Å². The highest BCUT2D eigenvalue weighted by molar-refractivity contribution is 7.12. The van der Waals surface area contributed by atoms with E-state index in [1.165, 1.54) is 24.7 Å². The summed E-state index contributed by atoms with van der Waals surface area (Å²) in [5.74, 6) is 0.174. The van der Waals surface area contributed by atoms with Crippen molar-refractivity contribution < 1.29 is 18.9 Å². The van der Waals surface area contributed by atoms with Crippen molar-refractivity contribution >= 4 is 35.2 Å². The average Bonchev–Trinajstić information content (AvgIpc) is 3.34. The van der Waals surface area contributed by atoms with Gasteiger partial charge in [-0.15, -0.1) is 16.4 Å². The van der Waals surface area contributed by atoms with Crippen LogP contribution in [0.2, 0.25) is 0 Å². The number of amidine groups is 1. The molecule has 2 heterocycles. The molecule has 3 aromatic rings. The maximum absolute atomic E-state index is 12.1. The number of carbonyl (C=O) groups excluding carboxylic acids is 1. The van der Waals surface area contributed by atoms with Gasteiger partial charge in [0.25, 0.3) is 0 Å². The van der Waals surface area contributed by atoms with Crippen molar-refractivity contribution in [1.29, 1.82) is 0 Å². The monoisotopic (exact) mass is 386 g/mol. The van der Waals surface area contributed by atoms with Gasteiger partial charge in [0.1, 0.15) is 4.88 Å². The van der Waals surface area contributed by atoms with E-state index in [0.29, 0.717) is 16.2 Å². The highest BCUT2D eigenvalue weighted by Crippen LogP contribution is 2.28. The molecule has 1 aromatic carbocycles. The highest BCUT2D eigenvalue weighted by atomic mass is 32.1. The van der Waals surface area contributed by atoms with Crippen LogP contribution in [0.25, 0.3) is 0 Å². The predicted molar refractivity (Wildman–Crippen MR) is 99.3 cm³/mol. The molecule has 0 saturated carbocycles. The van der Waals surface area contributed by atoms with E-state index in [2.05, 4.69) is 25.1 Å². The molecule has 4 N–H and O–H groups in total. The van der Waals surface area contributed by atoms with Gasteiger partial charge in [0.15, 0.2) is 28.8 Å². The Balaban J connectivity index is 1.74. The first-order valence-electron chi connectivity index (χ1n) is 7.47. The summed E-state index contributed by atoms with van der Waals surface area (Å²) in [6.45, 7) is 0. The third kappa shape index (κ3) is 4.27. The van der Waals surface area contributed by atoms with E-state index >= 15 is 0 Å². The zero-order valence-electron chi connectivity index (χ0n) is 14.0. The number of carbonyl (C=O) groups is 1. The number of esters is 1. The third-order valence-electron chi connectivity index (χ3n) is 3.24. The summed E-state index contributed by atoms with van der Waals surface area (Å²) in [5, 5.41) is 16.4. The number of hydrogen-bond donors (Lipinski definition) is 2. The van der Waals surface area contributed by atoms with Crippen LogP contribution >= 0.6 is 11.3 Å². The maximum atomic E-state index is 12.1. The van der Waals surface area contributed by atoms with E-state index < -0.39 is 5.97 Å². The van der Waals surface area contributed by atoms with Gasteiger partial charge in [-0.3, -0.25) is 0 Å². The van der Waals surface area contributed by atoms with Gasteiger partial charge < -0.3 is 20.9 Å². The highest BCUT2D eigenvalue weighted by Gasteiger charge is 2.13. The number of nitrogens with zero attached hydrogens (tertiary/aromatic N) is 4. The Morgan fingerprint density at radius 2 is 2.15 bits per heavy atom. The van der Waals surface area contributed by atoms with Crippen LogP contribution in [-0.4, -0.2) is 35.4 Å². The number of anilines is 1. The first-order chi connectivity index (χ1) is 13.1. The molecule has 11 heteroatoms. The number of thiophene rings is 1. The Morgan fingerprint density at radius 1 is 1.30 bits per heavy atom. The minimum Gasteiger partial charge on any atom is -0.493 e. The summed E-state index contributed by atoms with van der Waals surface area (Å²) in [6.07, 6.45) is 1.43. The molecule has 138 valence electrons. The van der Waals surface area contributed by atoms with E-state index in [-0.39, 0.29) is 23.1 Å². The smallest absolute Gasteiger partial charge is 0.353 e. The fraction of sp³-hybridized carbons (Fsp3) is 0.0625. The molecular formula is C16H14N6O4S. The molecule has 0 aliphatic heterocycles. The van der Waals surface area contributed by atoms with Crippen LogP contribution in [0, 0.1) is 0 Å². The van der Waals surface area contributed by atoms with Crippen LogP contribution in [0.5, 0.6) is 11.5 Å². The lowest BCUT2D eigenvalue weighted by Crippen LogP contribution is -2.15. The largest absolute Gasteiger partial charge is 0.493 e. The second-order valence-corrected chi connectivity index (χ2v) is 5.95. The Morgan fingerprint density at radius 3 is 2.81 bits per heavy atom. The van der Waals surface area contributed by atoms with Crippen molar-refractivity contribution in [1.82, 2.24) is 10.3 Å². The third-order valence-corrected chi connectivity index (χ3v) is 4.09. The Kier molecular flexibility index (Phi) is 5.42. The molecule has 0 radical (unpaired) electrons. The van der Waals surface area contributed by atoms with E-state index in [0.717, 1.165) is 0 Å². The molecule has 0 aliphatic rings. The van der Waals surface area contributed by atoms with Gasteiger partial charge in [-0.05, 0) is 45.5 Å². The Bertz CT molecular complexity index is 996. The first kappa shape index (κ1) is 18.1. The van der Waals surface area contributed by atoms with Crippen LogP contribution in [0.1, 0.15) is 20.9 Å². The molecule has 27 heavy (non-hydrogen) atoms. The first-order valence-corrected chi connectivity index (χ1v) is 8.35. The number of methoxy groups -OCH3 is 1. The van der Waals surface area contributed by atoms with Crippen LogP contribution in [0.15, 0.2) is 50.5 Å². The molecule has 0 bridgehead atoms. The lowest BCUT2D eigenvalue weighted by atomic mass is 10.2. The number of hydrogen-bond acceptors (Lipinski definition) is 10. The number of aromatic nitrogens is 2. The molecule has 0 fully saturated rings. The summed E-state index contributed by atoms with van der Waals surface area (Å²) in [5.41, 5.74) is 12.0. The molecule has 10 nitrogen and oxygen atoms in total. The van der Waals surface area contributed by atoms with Gasteiger partial charge in [0.05, 0.1) is 13.3 Å². The lowest BCUT2D eigenvalue weighted by Gasteiger charge is -2.09. The maximum Gasteiger partial charge on any atom is 0.353 e. The zero-order chi connectivity index (χ0) is 19.2. The summed E-state index contributed by atoms with van der Waals surface area (Å²) in [6, 6.07) is 8.37. The van der Waals surface area contributed by atoms with E-state index in [1.54, 1.807) is 35.7 Å². The van der Waals surface area contributed by atoms with Crippen LogP contribution in [0.3, 0.4) is 0 Å². The van der Waals surface area contributed by atoms with Crippen molar-refractivity contribution in [3.05, 3.63) is 51.8 Å². The number of nitrogen functional groups attached to an aromatic ring is 1.